The van der Waals surface area contributed by atoms with E-state index in [1.165, 1.54) is 6.42 Å². The second kappa shape index (κ2) is 10.4. The van der Waals surface area contributed by atoms with Crippen molar-refractivity contribution in [2.75, 3.05) is 13.1 Å². The molecule has 8 nitrogen and oxygen atoms in total. The second-order valence-electron chi connectivity index (χ2n) is 9.49. The first kappa shape index (κ1) is 22.7. The van der Waals surface area contributed by atoms with Gasteiger partial charge in [-0.3, -0.25) is 4.98 Å². The number of ether oxygens (including phenoxy) is 2. The van der Waals surface area contributed by atoms with Crippen LogP contribution in [-0.2, 0) is 16.1 Å². The van der Waals surface area contributed by atoms with Gasteiger partial charge in [-0.2, -0.15) is 4.98 Å². The van der Waals surface area contributed by atoms with Crippen molar-refractivity contribution in [2.24, 2.45) is 17.8 Å². The van der Waals surface area contributed by atoms with Gasteiger partial charge < -0.3 is 18.9 Å². The van der Waals surface area contributed by atoms with Gasteiger partial charge in [0.1, 0.15) is 12.7 Å². The molecular formula is C24H34N4O4. The molecule has 3 heterocycles. The molecule has 0 bridgehead atoms. The maximum Gasteiger partial charge on any atom is 0.410 e. The van der Waals surface area contributed by atoms with E-state index in [0.717, 1.165) is 31.2 Å². The van der Waals surface area contributed by atoms with Gasteiger partial charge in [0.25, 0.3) is 5.89 Å². The number of pyridine rings is 1. The molecule has 2 fully saturated rings. The van der Waals surface area contributed by atoms with Crippen molar-refractivity contribution in [3.05, 3.63) is 30.4 Å². The van der Waals surface area contributed by atoms with Crippen LogP contribution in [0.15, 0.2) is 29.0 Å². The zero-order valence-corrected chi connectivity index (χ0v) is 19.3. The monoisotopic (exact) mass is 442 g/mol. The van der Waals surface area contributed by atoms with Crippen molar-refractivity contribution in [3.8, 4) is 11.4 Å². The van der Waals surface area contributed by atoms with Crippen LogP contribution in [0.2, 0.25) is 0 Å². The number of carbonyl (C=O) groups is 1. The molecule has 2 aliphatic rings. The summed E-state index contributed by atoms with van der Waals surface area (Å²) in [7, 11) is 0. The van der Waals surface area contributed by atoms with E-state index in [1.807, 2.05) is 17.0 Å². The fourth-order valence-corrected chi connectivity index (χ4v) is 4.78. The van der Waals surface area contributed by atoms with Crippen molar-refractivity contribution in [1.82, 2.24) is 20.0 Å². The minimum atomic E-state index is -0.174. The molecule has 174 valence electrons. The van der Waals surface area contributed by atoms with Crippen LogP contribution in [0.1, 0.15) is 58.8 Å². The summed E-state index contributed by atoms with van der Waals surface area (Å²) in [6, 6.07) is 3.67. The molecule has 2 aromatic heterocycles. The van der Waals surface area contributed by atoms with Gasteiger partial charge in [-0.25, -0.2) is 4.79 Å². The van der Waals surface area contributed by atoms with Gasteiger partial charge in [0.2, 0.25) is 5.82 Å². The molecule has 3 atom stereocenters. The summed E-state index contributed by atoms with van der Waals surface area (Å²) in [6.07, 6.45) is 8.20. The van der Waals surface area contributed by atoms with Crippen LogP contribution in [0.25, 0.3) is 11.4 Å². The second-order valence-corrected chi connectivity index (χ2v) is 9.49. The number of likely N-dealkylation sites (tertiary alicyclic amines) is 1. The molecule has 32 heavy (non-hydrogen) atoms. The number of nitrogens with zero attached hydrogens (tertiary/aromatic N) is 4. The van der Waals surface area contributed by atoms with Gasteiger partial charge in [0.05, 0.1) is 6.10 Å². The number of aromatic nitrogens is 3. The molecule has 1 saturated heterocycles. The Balaban J connectivity index is 1.22. The van der Waals surface area contributed by atoms with Crippen LogP contribution < -0.4 is 0 Å². The van der Waals surface area contributed by atoms with Gasteiger partial charge in [-0.1, -0.05) is 32.3 Å². The van der Waals surface area contributed by atoms with Crippen molar-refractivity contribution in [3.63, 3.8) is 0 Å². The van der Waals surface area contributed by atoms with Crippen LogP contribution in [0.3, 0.4) is 0 Å². The van der Waals surface area contributed by atoms with E-state index in [9.17, 15) is 4.79 Å². The maximum atomic E-state index is 12.8. The largest absolute Gasteiger partial charge is 0.446 e. The molecule has 0 N–H and O–H groups in total. The SMILES string of the molecule is CC(C)[C@H]1CC[C@H](C)C[C@@H]1OC(=O)N1CCC(OCc2nc(-c3ccncc3)no2)CC1. The lowest BCUT2D eigenvalue weighted by atomic mass is 9.75. The third kappa shape index (κ3) is 5.65. The highest BCUT2D eigenvalue weighted by Gasteiger charge is 2.35. The third-order valence-electron chi connectivity index (χ3n) is 6.76. The van der Waals surface area contributed by atoms with E-state index in [1.54, 1.807) is 12.4 Å². The predicted octanol–water partition coefficient (Wildman–Crippen LogP) is 4.71. The van der Waals surface area contributed by atoms with Crippen LogP contribution in [0.4, 0.5) is 4.79 Å². The molecule has 8 heteroatoms. The summed E-state index contributed by atoms with van der Waals surface area (Å²) in [5.74, 6) is 2.58. The molecule has 4 rings (SSSR count). The number of hydrogen-bond acceptors (Lipinski definition) is 7. The highest BCUT2D eigenvalue weighted by Crippen LogP contribution is 2.35. The molecule has 1 saturated carbocycles. The van der Waals surface area contributed by atoms with Crippen molar-refractivity contribution >= 4 is 6.09 Å². The highest BCUT2D eigenvalue weighted by molar-refractivity contribution is 5.68. The zero-order chi connectivity index (χ0) is 22.5. The van der Waals surface area contributed by atoms with Gasteiger partial charge in [0.15, 0.2) is 0 Å². The Morgan fingerprint density at radius 3 is 2.66 bits per heavy atom. The first-order valence-corrected chi connectivity index (χ1v) is 11.8. The molecule has 1 aliphatic carbocycles. The van der Waals surface area contributed by atoms with E-state index in [0.29, 0.717) is 42.6 Å². The lowest BCUT2D eigenvalue weighted by Gasteiger charge is -2.38. The molecule has 0 aromatic carbocycles. The summed E-state index contributed by atoms with van der Waals surface area (Å²) >= 11 is 0. The Labute approximate surface area is 189 Å². The van der Waals surface area contributed by atoms with E-state index in [4.69, 9.17) is 14.0 Å². The quantitative estimate of drug-likeness (QED) is 0.640. The average Bonchev–Trinajstić information content (AvgIpc) is 3.27. The summed E-state index contributed by atoms with van der Waals surface area (Å²) < 4.78 is 17.3. The zero-order valence-electron chi connectivity index (χ0n) is 19.3. The topological polar surface area (TPSA) is 90.6 Å². The van der Waals surface area contributed by atoms with Gasteiger partial charge >= 0.3 is 6.09 Å². The van der Waals surface area contributed by atoms with Crippen molar-refractivity contribution < 1.29 is 18.8 Å². The molecular weight excluding hydrogens is 408 g/mol. The predicted molar refractivity (Wildman–Crippen MR) is 119 cm³/mol. The van der Waals surface area contributed by atoms with E-state index in [-0.39, 0.29) is 24.9 Å². The number of carbonyl (C=O) groups excluding carboxylic acids is 1. The van der Waals surface area contributed by atoms with Crippen LogP contribution in [0.5, 0.6) is 0 Å². The molecule has 2 aromatic rings. The van der Waals surface area contributed by atoms with E-state index in [2.05, 4.69) is 35.9 Å². The number of rotatable bonds is 6. The summed E-state index contributed by atoms with van der Waals surface area (Å²) in [4.78, 5) is 23.0. The van der Waals surface area contributed by atoms with Gasteiger partial charge in [-0.05, 0) is 55.6 Å². The Morgan fingerprint density at radius 2 is 1.94 bits per heavy atom. The number of hydrogen-bond donors (Lipinski definition) is 0. The Bertz CT molecular complexity index is 864. The lowest BCUT2D eigenvalue weighted by molar-refractivity contribution is -0.0332. The van der Waals surface area contributed by atoms with Crippen molar-refractivity contribution in [1.29, 1.82) is 0 Å². The smallest absolute Gasteiger partial charge is 0.410 e. The minimum Gasteiger partial charge on any atom is -0.446 e. The first-order chi connectivity index (χ1) is 15.5. The average molecular weight is 443 g/mol. The Morgan fingerprint density at radius 1 is 1.19 bits per heavy atom. The van der Waals surface area contributed by atoms with Crippen LogP contribution >= 0.6 is 0 Å². The third-order valence-corrected chi connectivity index (χ3v) is 6.76. The molecule has 1 aliphatic heterocycles. The van der Waals surface area contributed by atoms with Gasteiger partial charge in [0, 0.05) is 31.0 Å². The number of piperidine rings is 1. The summed E-state index contributed by atoms with van der Waals surface area (Å²) in [6.45, 7) is 8.27. The minimum absolute atomic E-state index is 0.0346. The van der Waals surface area contributed by atoms with E-state index < -0.39 is 0 Å². The molecule has 0 radical (unpaired) electrons. The molecule has 0 unspecified atom stereocenters. The van der Waals surface area contributed by atoms with Crippen LogP contribution in [0, 0.1) is 17.8 Å². The normalized spacial score (nSPS) is 24.6. The van der Waals surface area contributed by atoms with Crippen molar-refractivity contribution in [2.45, 2.75) is 71.7 Å². The van der Waals surface area contributed by atoms with E-state index >= 15 is 0 Å². The first-order valence-electron chi connectivity index (χ1n) is 11.8. The fourth-order valence-electron chi connectivity index (χ4n) is 4.78. The molecule has 0 spiro atoms. The Kier molecular flexibility index (Phi) is 7.40. The van der Waals surface area contributed by atoms with Gasteiger partial charge in [-0.15, -0.1) is 0 Å². The maximum absolute atomic E-state index is 12.8. The molecule has 1 amide bonds. The fraction of sp³-hybridized carbons (Fsp3) is 0.667. The standard InChI is InChI=1S/C24H34N4O4/c1-16(2)20-5-4-17(3)14-21(20)31-24(29)28-12-8-19(9-13-28)30-15-22-26-23(27-32-22)18-6-10-25-11-7-18/h6-7,10-11,16-17,19-21H,4-5,8-9,12-15H2,1-3H3/t17-,20+,21-/m0/s1. The Hall–Kier alpha value is -2.48. The van der Waals surface area contributed by atoms with Crippen LogP contribution in [-0.4, -0.2) is 51.4 Å². The summed E-state index contributed by atoms with van der Waals surface area (Å²) in [5, 5.41) is 4.00. The summed E-state index contributed by atoms with van der Waals surface area (Å²) in [5.41, 5.74) is 0.855. The lowest BCUT2D eigenvalue weighted by Crippen LogP contribution is -2.44. The highest BCUT2D eigenvalue weighted by atomic mass is 16.6. The number of amides is 1.